The van der Waals surface area contributed by atoms with Crippen molar-refractivity contribution in [1.82, 2.24) is 9.80 Å². The van der Waals surface area contributed by atoms with Crippen molar-refractivity contribution in [1.29, 1.82) is 0 Å². The summed E-state index contributed by atoms with van der Waals surface area (Å²) in [6, 6.07) is 19.8. The highest BCUT2D eigenvalue weighted by Gasteiger charge is 2.50. The van der Waals surface area contributed by atoms with E-state index in [0.29, 0.717) is 19.8 Å². The third kappa shape index (κ3) is 10.9. The van der Waals surface area contributed by atoms with E-state index in [1.165, 1.54) is 11.8 Å². The minimum Gasteiger partial charge on any atom is -0.371 e. The number of thioether (sulfide) groups is 2. The smallest absolute Gasteiger partial charge is 0.241 e. The van der Waals surface area contributed by atoms with Crippen molar-refractivity contribution in [3.8, 4) is 0 Å². The second-order valence-electron chi connectivity index (χ2n) is 13.1. The molecule has 6 rings (SSSR count). The van der Waals surface area contributed by atoms with Crippen molar-refractivity contribution in [2.24, 2.45) is 21.8 Å². The molecular weight excluding hydrogens is 693 g/mol. The van der Waals surface area contributed by atoms with Crippen LogP contribution in [0.5, 0.6) is 0 Å². The number of rotatable bonds is 9. The first-order valence-corrected chi connectivity index (χ1v) is 18.4. The number of hydrogen-bond donors (Lipinski definition) is 0. The van der Waals surface area contributed by atoms with E-state index in [9.17, 15) is 8.78 Å². The summed E-state index contributed by atoms with van der Waals surface area (Å²) in [6.45, 7) is 12.6. The molecule has 2 saturated heterocycles. The predicted molar refractivity (Wildman–Crippen MR) is 206 cm³/mol. The Hall–Kier alpha value is -2.73. The lowest BCUT2D eigenvalue weighted by Gasteiger charge is -2.41. The van der Waals surface area contributed by atoms with Gasteiger partial charge in [-0.25, -0.2) is 15.4 Å². The molecule has 51 heavy (non-hydrogen) atoms. The molecule has 0 bridgehead atoms. The first-order chi connectivity index (χ1) is 23.5. The molecule has 4 aliphatic heterocycles. The van der Waals surface area contributed by atoms with E-state index < -0.39 is 12.5 Å². The first-order valence-electron chi connectivity index (χ1n) is 16.6. The van der Waals surface area contributed by atoms with Crippen molar-refractivity contribution in [2.45, 2.75) is 102 Å². The van der Waals surface area contributed by atoms with Crippen LogP contribution in [-0.2, 0) is 32.2 Å². The molecule has 2 fully saturated rings. The van der Waals surface area contributed by atoms with E-state index >= 15 is 0 Å². The van der Waals surface area contributed by atoms with Gasteiger partial charge in [-0.1, -0.05) is 113 Å². The van der Waals surface area contributed by atoms with Crippen LogP contribution in [0.1, 0.15) is 46.2 Å². The summed E-state index contributed by atoms with van der Waals surface area (Å²) < 4.78 is 50.5. The van der Waals surface area contributed by atoms with Crippen LogP contribution in [0.15, 0.2) is 70.6 Å². The zero-order chi connectivity index (χ0) is 35.1. The number of hydrogen-bond acceptors (Lipinski definition) is 10. The molecule has 2 aromatic carbocycles. The second kappa shape index (κ2) is 19.9. The van der Waals surface area contributed by atoms with Gasteiger partial charge in [0, 0.05) is 46.4 Å². The quantitative estimate of drug-likeness (QED) is 0.241. The zero-order valence-corrected chi connectivity index (χ0v) is 30.5. The van der Waals surface area contributed by atoms with Gasteiger partial charge in [-0.3, -0.25) is 9.98 Å². The van der Waals surface area contributed by atoms with Gasteiger partial charge in [0.1, 0.15) is 29.1 Å². The van der Waals surface area contributed by atoms with Crippen molar-refractivity contribution in [2.75, 3.05) is 34.7 Å². The van der Waals surface area contributed by atoms with Crippen molar-refractivity contribution < 1.29 is 27.7 Å². The Morgan fingerprint density at radius 2 is 1.16 bits per heavy atom. The molecule has 0 N–H and O–H groups in total. The SMILES string of the molecule is C.C.C[C@H]1[C@H](OCc2ccccc2)[C@H]2N=C(N(C)C)S[C@H]2O[C@@H]1CC(F)F.[C-]#[N+]C[C@H]1O[C@@H]2SC(N(C)C)=N[C@@H]2[C@@H](OCc2ccccc2)[C@@H]1C. The van der Waals surface area contributed by atoms with Crippen molar-refractivity contribution >= 4 is 33.9 Å². The van der Waals surface area contributed by atoms with Gasteiger partial charge in [0.05, 0.1) is 31.5 Å². The number of fused-ring (bicyclic) bond motifs is 2. The number of halogens is 2. The highest BCUT2D eigenvalue weighted by Crippen LogP contribution is 2.43. The Morgan fingerprint density at radius 1 is 0.745 bits per heavy atom. The Morgan fingerprint density at radius 3 is 1.55 bits per heavy atom. The van der Waals surface area contributed by atoms with E-state index in [4.69, 9.17) is 35.5 Å². The minimum absolute atomic E-state index is 0. The standard InChI is InChI=1S/C18H24F2N2O2S.C18H23N3O2S.2CH4/c1-11-13(9-14(19)20)24-17-15(21-18(25-17)22(2)3)16(11)23-10-12-7-5-4-6-8-12;1-12-14(10-19-2)23-17-15(20-18(24-17)21(3)4)16(12)22-11-13-8-6-5-7-9-13;;/h4-8,11,13-17H,9-10H2,1-3H3;5-9,12,14-17H,10-11H2,1,3-4H3;2*1H4/t11-,13-,15-,16+,17-;12-,14-,15-,16+,17-;;/m11../s1. The maximum absolute atomic E-state index is 13.0. The highest BCUT2D eigenvalue weighted by molar-refractivity contribution is 8.14. The molecule has 4 heterocycles. The predicted octanol–water partition coefficient (Wildman–Crippen LogP) is 7.78. The molecule has 10 atom stereocenters. The fourth-order valence-electron chi connectivity index (χ4n) is 6.32. The molecule has 4 aliphatic rings. The highest BCUT2D eigenvalue weighted by atomic mass is 32.2. The van der Waals surface area contributed by atoms with Crippen LogP contribution >= 0.6 is 23.5 Å². The lowest BCUT2D eigenvalue weighted by molar-refractivity contribution is -0.147. The molecule has 9 nitrogen and oxygen atoms in total. The number of amidine groups is 2. The second-order valence-corrected chi connectivity index (χ2v) is 15.3. The van der Waals surface area contributed by atoms with E-state index in [1.807, 2.05) is 93.4 Å². The monoisotopic (exact) mass is 747 g/mol. The Bertz CT molecular complexity index is 1450. The number of nitrogens with zero attached hydrogens (tertiary/aromatic N) is 5. The lowest BCUT2D eigenvalue weighted by atomic mass is 9.88. The molecule has 0 saturated carbocycles. The van der Waals surface area contributed by atoms with Crippen LogP contribution in [0, 0.1) is 18.4 Å². The number of ether oxygens (including phenoxy) is 4. The largest absolute Gasteiger partial charge is 0.371 e. The van der Waals surface area contributed by atoms with Crippen LogP contribution in [0.2, 0.25) is 0 Å². The summed E-state index contributed by atoms with van der Waals surface area (Å²) in [6.07, 6.45) is -3.57. The van der Waals surface area contributed by atoms with Gasteiger partial charge in [0.25, 0.3) is 0 Å². The normalized spacial score (nSPS) is 30.6. The zero-order valence-electron chi connectivity index (χ0n) is 28.9. The summed E-state index contributed by atoms with van der Waals surface area (Å²) >= 11 is 3.12. The van der Waals surface area contributed by atoms with Gasteiger partial charge in [-0.05, 0) is 11.1 Å². The van der Waals surface area contributed by atoms with Crippen LogP contribution in [0.3, 0.4) is 0 Å². The fourth-order valence-corrected chi connectivity index (χ4v) is 8.63. The van der Waals surface area contributed by atoms with E-state index in [-0.39, 0.29) is 74.4 Å². The molecule has 2 aromatic rings. The molecule has 0 radical (unpaired) electrons. The summed E-state index contributed by atoms with van der Waals surface area (Å²) in [4.78, 5) is 17.0. The van der Waals surface area contributed by atoms with Gasteiger partial charge in [-0.15, -0.1) is 0 Å². The molecule has 0 spiro atoms. The van der Waals surface area contributed by atoms with Crippen LogP contribution in [0.25, 0.3) is 4.85 Å². The van der Waals surface area contributed by atoms with Gasteiger partial charge in [0.15, 0.2) is 10.3 Å². The van der Waals surface area contributed by atoms with Crippen LogP contribution < -0.4 is 0 Å². The molecule has 0 aliphatic carbocycles. The summed E-state index contributed by atoms with van der Waals surface area (Å²) in [5, 5.41) is 1.82. The Balaban J connectivity index is 0.000000265. The maximum Gasteiger partial charge on any atom is 0.241 e. The molecule has 0 aromatic heterocycles. The lowest BCUT2D eigenvalue weighted by Crippen LogP contribution is -2.52. The summed E-state index contributed by atoms with van der Waals surface area (Å²) in [5.41, 5.74) is 1.88. The third-order valence-corrected chi connectivity index (χ3v) is 11.6. The van der Waals surface area contributed by atoms with Gasteiger partial charge >= 0.3 is 0 Å². The average molecular weight is 748 g/mol. The first kappa shape index (κ1) is 42.7. The fraction of sp³-hybridized carbons (Fsp3) is 0.605. The number of benzene rings is 2. The number of alkyl halides is 2. The Kier molecular flexibility index (Phi) is 16.7. The van der Waals surface area contributed by atoms with E-state index in [1.54, 1.807) is 11.8 Å². The van der Waals surface area contributed by atoms with E-state index in [0.717, 1.165) is 21.5 Å². The molecular formula is C38H55F2N5O4S2. The van der Waals surface area contributed by atoms with Gasteiger partial charge < -0.3 is 33.6 Å². The molecule has 0 unspecified atom stereocenters. The number of aliphatic imine (C=N–C) groups is 2. The molecule has 13 heteroatoms. The Labute approximate surface area is 312 Å². The molecule has 282 valence electrons. The topological polar surface area (TPSA) is 72.5 Å². The summed E-state index contributed by atoms with van der Waals surface area (Å²) in [7, 11) is 7.82. The van der Waals surface area contributed by atoms with E-state index in [2.05, 4.69) is 23.9 Å². The summed E-state index contributed by atoms with van der Waals surface area (Å²) in [5.74, 6) is -0.0141. The van der Waals surface area contributed by atoms with Gasteiger partial charge in [-0.2, -0.15) is 0 Å². The average Bonchev–Trinajstić information content (AvgIpc) is 3.71. The van der Waals surface area contributed by atoms with Crippen LogP contribution in [-0.4, -0.2) is 109 Å². The maximum atomic E-state index is 13.0. The molecule has 0 amide bonds. The van der Waals surface area contributed by atoms with Crippen LogP contribution in [0.4, 0.5) is 8.78 Å². The van der Waals surface area contributed by atoms with Gasteiger partial charge in [0.2, 0.25) is 13.0 Å². The van der Waals surface area contributed by atoms with Crippen molar-refractivity contribution in [3.05, 3.63) is 83.2 Å². The minimum atomic E-state index is -2.39. The van der Waals surface area contributed by atoms with Crippen molar-refractivity contribution in [3.63, 3.8) is 0 Å². The third-order valence-electron chi connectivity index (χ3n) is 9.04.